The van der Waals surface area contributed by atoms with E-state index in [9.17, 15) is 8.78 Å². The molecule has 6 atom stereocenters. The molecule has 0 aromatic heterocycles. The van der Waals surface area contributed by atoms with Gasteiger partial charge in [-0.2, -0.15) is 0 Å². The largest absolute Gasteiger partial charge is 0.385 e. The maximum Gasteiger partial charge on any atom is 0.264 e. The summed E-state index contributed by atoms with van der Waals surface area (Å²) in [5, 5.41) is -5.15. The van der Waals surface area contributed by atoms with Gasteiger partial charge in [-0.05, 0) is 23.4 Å². The van der Waals surface area contributed by atoms with E-state index in [1.807, 2.05) is 0 Å². The van der Waals surface area contributed by atoms with Crippen molar-refractivity contribution >= 4 is 69.7 Å². The molecule has 0 aliphatic carbocycles. The molecule has 152 valence electrons. The van der Waals surface area contributed by atoms with E-state index in [1.165, 1.54) is 21.0 Å². The molecule has 0 bridgehead atoms. The molecule has 0 amide bonds. The van der Waals surface area contributed by atoms with Crippen LogP contribution in [0, 0.1) is 0 Å². The number of rotatable bonds is 9. The molecule has 0 spiro atoms. The van der Waals surface area contributed by atoms with Crippen molar-refractivity contribution < 1.29 is 22.3 Å². The second-order valence-electron chi connectivity index (χ2n) is 8.59. The Kier molecular flexibility index (Phi) is 8.92. The van der Waals surface area contributed by atoms with Crippen LogP contribution in [0.3, 0.4) is 0 Å². The Labute approximate surface area is 170 Å². The van der Waals surface area contributed by atoms with Crippen molar-refractivity contribution in [2.45, 2.75) is 64.5 Å². The zero-order valence-corrected chi connectivity index (χ0v) is 22.5. The van der Waals surface area contributed by atoms with Crippen LogP contribution in [-0.4, -0.2) is 64.1 Å². The van der Waals surface area contributed by atoms with Crippen LogP contribution >= 0.6 is 46.2 Å². The zero-order chi connectivity index (χ0) is 21.6. The second kappa shape index (κ2) is 8.28. The molecule has 13 heteroatoms. The van der Waals surface area contributed by atoms with Crippen LogP contribution in [0.4, 0.5) is 17.6 Å². The van der Waals surface area contributed by atoms with Gasteiger partial charge in [-0.3, -0.25) is 0 Å². The van der Waals surface area contributed by atoms with Crippen molar-refractivity contribution in [3.63, 3.8) is 0 Å². The van der Waals surface area contributed by atoms with Crippen LogP contribution in [0.1, 0.15) is 27.2 Å². The summed E-state index contributed by atoms with van der Waals surface area (Å²) in [6.45, 7) is 3.75. The molecular weight excluding hydrogens is 435 g/mol. The van der Waals surface area contributed by atoms with E-state index < -0.39 is 37.3 Å². The van der Waals surface area contributed by atoms with E-state index in [2.05, 4.69) is 46.2 Å². The molecule has 0 saturated heterocycles. The number of hydrogen-bond donors (Lipinski definition) is 0. The van der Waals surface area contributed by atoms with Crippen molar-refractivity contribution in [2.24, 2.45) is 0 Å². The lowest BCUT2D eigenvalue weighted by molar-refractivity contribution is -0.167. The van der Waals surface area contributed by atoms with E-state index in [4.69, 9.17) is 4.74 Å². The number of methoxy groups -OCH3 is 1. The van der Waals surface area contributed by atoms with E-state index in [0.717, 1.165) is 7.85 Å². The van der Waals surface area contributed by atoms with Gasteiger partial charge < -0.3 is 4.74 Å². The highest BCUT2D eigenvalue weighted by Gasteiger charge is 2.75. The summed E-state index contributed by atoms with van der Waals surface area (Å²) in [5.74, 6) is -7.37. The lowest BCUT2D eigenvalue weighted by Crippen LogP contribution is -2.66. The van der Waals surface area contributed by atoms with Crippen molar-refractivity contribution in [2.75, 3.05) is 13.7 Å². The monoisotopic (exact) mass is 468 g/mol. The molecular formula is C13H32B3F4OP5. The predicted octanol–water partition coefficient (Wildman–Crippen LogP) is 2.03. The highest BCUT2D eigenvalue weighted by molar-refractivity contribution is 7.44. The van der Waals surface area contributed by atoms with Crippen LogP contribution < -0.4 is 0 Å². The Morgan fingerprint density at radius 2 is 1.23 bits per heavy atom. The van der Waals surface area contributed by atoms with Gasteiger partial charge in [-0.1, -0.05) is 19.1 Å². The maximum absolute atomic E-state index is 16.0. The van der Waals surface area contributed by atoms with Gasteiger partial charge in [0.25, 0.3) is 5.92 Å². The van der Waals surface area contributed by atoms with E-state index in [-0.39, 0.29) is 0 Å². The lowest BCUT2D eigenvalue weighted by Gasteiger charge is -2.61. The third-order valence-corrected chi connectivity index (χ3v) is 11.0. The summed E-state index contributed by atoms with van der Waals surface area (Å²) >= 11 is 0. The molecule has 0 aromatic carbocycles. The smallest absolute Gasteiger partial charge is 0.264 e. The predicted molar refractivity (Wildman–Crippen MR) is 131 cm³/mol. The topological polar surface area (TPSA) is 9.23 Å². The second-order valence-corrected chi connectivity index (χ2v) is 15.2. The summed E-state index contributed by atoms with van der Waals surface area (Å²) < 4.78 is 66.4. The molecule has 0 aliphatic rings. The fraction of sp³-hybridized carbons (Fsp3) is 1.00. The van der Waals surface area contributed by atoms with E-state index in [1.54, 1.807) is 15.7 Å². The zero-order valence-electron chi connectivity index (χ0n) is 16.7. The first-order chi connectivity index (χ1) is 11.1. The summed E-state index contributed by atoms with van der Waals surface area (Å²) in [6.07, 6.45) is 0.454. The molecule has 1 nitrogen and oxygen atoms in total. The molecule has 0 rings (SSSR count). The minimum Gasteiger partial charge on any atom is -0.385 e. The number of halogens is 4. The molecule has 0 fully saturated rings. The average Bonchev–Trinajstić information content (AvgIpc) is 2.40. The Balaban J connectivity index is 6.55. The Morgan fingerprint density at radius 3 is 1.50 bits per heavy atom. The molecule has 0 radical (unpaired) electrons. The van der Waals surface area contributed by atoms with E-state index >= 15 is 8.78 Å². The quantitative estimate of drug-likeness (QED) is 0.287. The molecule has 26 heavy (non-hydrogen) atoms. The van der Waals surface area contributed by atoms with Gasteiger partial charge in [-0.25, -0.2) is 17.6 Å². The summed E-state index contributed by atoms with van der Waals surface area (Å²) in [6, 6.07) is 0. The third-order valence-electron chi connectivity index (χ3n) is 6.23. The minimum absolute atomic E-state index is 0.365. The maximum atomic E-state index is 16.0. The molecule has 0 aliphatic heterocycles. The fourth-order valence-corrected chi connectivity index (χ4v) is 5.95. The van der Waals surface area contributed by atoms with Gasteiger partial charge in [0.2, 0.25) is 5.92 Å². The molecule has 0 aromatic rings. The normalized spacial score (nSPS) is 17.9. The lowest BCUT2D eigenvalue weighted by atomic mass is 9.43. The number of ether oxygens (including phenoxy) is 1. The highest BCUT2D eigenvalue weighted by Crippen LogP contribution is 2.74. The number of alkyl halides is 4. The van der Waals surface area contributed by atoms with Crippen LogP contribution in [-0.2, 0) is 4.74 Å². The SMILES string of the molecule is BC(B)(C(P)(P)CCOC)C(P)(P)C(F)(F)C(B)(C(C)(F)F)C(C)(C)P. The van der Waals surface area contributed by atoms with Crippen LogP contribution in [0.15, 0.2) is 0 Å². The van der Waals surface area contributed by atoms with Gasteiger partial charge in [0.1, 0.15) is 23.5 Å². The summed E-state index contributed by atoms with van der Waals surface area (Å²) in [5.41, 5.74) is 0. The Bertz CT molecular complexity index is 493. The van der Waals surface area contributed by atoms with Crippen molar-refractivity contribution in [1.29, 1.82) is 0 Å². The van der Waals surface area contributed by atoms with Gasteiger partial charge in [0, 0.05) is 13.7 Å². The average molecular weight is 468 g/mol. The van der Waals surface area contributed by atoms with Crippen molar-refractivity contribution in [3.8, 4) is 0 Å². The van der Waals surface area contributed by atoms with Gasteiger partial charge in [0.15, 0.2) is 0 Å². The minimum atomic E-state index is -3.76. The molecule has 0 N–H and O–H groups in total. The highest BCUT2D eigenvalue weighted by atomic mass is 31.1. The molecule has 6 unspecified atom stereocenters. The first-order valence-corrected chi connectivity index (χ1v) is 11.1. The van der Waals surface area contributed by atoms with Crippen molar-refractivity contribution in [3.05, 3.63) is 0 Å². The van der Waals surface area contributed by atoms with Crippen molar-refractivity contribution in [1.82, 2.24) is 0 Å². The summed E-state index contributed by atoms with van der Waals surface area (Å²) in [4.78, 5) is -2.68. The van der Waals surface area contributed by atoms with Gasteiger partial charge >= 0.3 is 0 Å². The first kappa shape index (κ1) is 28.0. The Morgan fingerprint density at radius 1 is 0.846 bits per heavy atom. The standard InChI is InChI=1S/C13H32B3F4OP5/c1-7(2,22)10(14,8(3,17)18)12(19,20)13(25,26)11(15,16)9(23,24)5-6-21-4/h5-6,14-16,22-26H2,1-4H3. The fourth-order valence-electron chi connectivity index (χ4n) is 3.02. The van der Waals surface area contributed by atoms with Crippen LogP contribution in [0.2, 0.25) is 10.5 Å². The molecule has 0 heterocycles. The Hall–Kier alpha value is 2.02. The van der Waals surface area contributed by atoms with Crippen LogP contribution in [0.25, 0.3) is 0 Å². The van der Waals surface area contributed by atoms with E-state index in [0.29, 0.717) is 20.0 Å². The first-order valence-electron chi connectivity index (χ1n) is 8.25. The third kappa shape index (κ3) is 4.38. The molecule has 0 saturated carbocycles. The van der Waals surface area contributed by atoms with Gasteiger partial charge in [-0.15, -0.1) is 46.2 Å². The summed E-state index contributed by atoms with van der Waals surface area (Å²) in [7, 11) is 17.5. The number of hydrogen-bond acceptors (Lipinski definition) is 1. The van der Waals surface area contributed by atoms with Gasteiger partial charge in [0.05, 0.1) is 10.2 Å². The van der Waals surface area contributed by atoms with Crippen LogP contribution in [0.5, 0.6) is 0 Å².